The maximum absolute atomic E-state index is 12.8. The van der Waals surface area contributed by atoms with E-state index in [1.54, 1.807) is 12.1 Å². The third-order valence-electron chi connectivity index (χ3n) is 4.26. The molecule has 2 amide bonds. The van der Waals surface area contributed by atoms with Crippen LogP contribution in [0, 0.1) is 5.92 Å². The molecule has 0 aromatic heterocycles. The first kappa shape index (κ1) is 17.3. The van der Waals surface area contributed by atoms with Crippen LogP contribution in [-0.4, -0.2) is 34.4 Å². The summed E-state index contributed by atoms with van der Waals surface area (Å²) in [5.74, 6) is 0.216. The Labute approximate surface area is 137 Å². The van der Waals surface area contributed by atoms with E-state index in [1.807, 2.05) is 4.90 Å². The van der Waals surface area contributed by atoms with Gasteiger partial charge in [0.1, 0.15) is 5.75 Å². The van der Waals surface area contributed by atoms with E-state index in [0.717, 1.165) is 32.2 Å². The summed E-state index contributed by atoms with van der Waals surface area (Å²) in [4.78, 5) is 25.9. The van der Waals surface area contributed by atoms with E-state index in [-0.39, 0.29) is 29.2 Å². The third-order valence-corrected chi connectivity index (χ3v) is 4.26. The van der Waals surface area contributed by atoms with Gasteiger partial charge in [0.2, 0.25) is 5.91 Å². The highest BCUT2D eigenvalue weighted by Crippen LogP contribution is 2.29. The van der Waals surface area contributed by atoms with E-state index >= 15 is 0 Å². The van der Waals surface area contributed by atoms with Crippen molar-refractivity contribution in [3.8, 4) is 5.75 Å². The third kappa shape index (κ3) is 4.47. The number of benzene rings is 1. The first-order chi connectivity index (χ1) is 10.9. The standard InChI is InChI=1S/C18H26N2O3/c1-12(2)6-8-15-5-4-10-20(15)18(23)16-11-14(19-13(3)21)7-9-17(16)22/h7,9,11-12,15,22H,4-6,8,10H2,1-3H3,(H,19,21). The van der Waals surface area contributed by atoms with Gasteiger partial charge in [0, 0.05) is 25.2 Å². The minimum absolute atomic E-state index is 0.0430. The van der Waals surface area contributed by atoms with Crippen LogP contribution in [-0.2, 0) is 4.79 Å². The van der Waals surface area contributed by atoms with Crippen LogP contribution in [0.3, 0.4) is 0 Å². The van der Waals surface area contributed by atoms with Crippen molar-refractivity contribution >= 4 is 17.5 Å². The molecule has 1 fully saturated rings. The van der Waals surface area contributed by atoms with E-state index in [4.69, 9.17) is 0 Å². The minimum Gasteiger partial charge on any atom is -0.507 e. The number of hydrogen-bond donors (Lipinski definition) is 2. The highest BCUT2D eigenvalue weighted by Gasteiger charge is 2.30. The summed E-state index contributed by atoms with van der Waals surface area (Å²) in [5.41, 5.74) is 0.782. The summed E-state index contributed by atoms with van der Waals surface area (Å²) in [6.07, 6.45) is 4.10. The molecule has 1 saturated heterocycles. The number of carbonyl (C=O) groups is 2. The molecule has 23 heavy (non-hydrogen) atoms. The van der Waals surface area contributed by atoms with E-state index < -0.39 is 0 Å². The van der Waals surface area contributed by atoms with Gasteiger partial charge in [-0.05, 0) is 49.8 Å². The average molecular weight is 318 g/mol. The lowest BCUT2D eigenvalue weighted by Crippen LogP contribution is -2.35. The zero-order valence-corrected chi connectivity index (χ0v) is 14.1. The quantitative estimate of drug-likeness (QED) is 0.818. The van der Waals surface area contributed by atoms with Crippen molar-refractivity contribution in [2.75, 3.05) is 11.9 Å². The smallest absolute Gasteiger partial charge is 0.257 e. The molecule has 0 bridgehead atoms. The van der Waals surface area contributed by atoms with Crippen molar-refractivity contribution in [2.24, 2.45) is 5.92 Å². The van der Waals surface area contributed by atoms with E-state index in [9.17, 15) is 14.7 Å². The van der Waals surface area contributed by atoms with Gasteiger partial charge >= 0.3 is 0 Å². The van der Waals surface area contributed by atoms with Crippen LogP contribution in [0.15, 0.2) is 18.2 Å². The maximum Gasteiger partial charge on any atom is 0.257 e. The SMILES string of the molecule is CC(=O)Nc1ccc(O)c(C(=O)N2CCCC2CCC(C)C)c1. The van der Waals surface area contributed by atoms with Crippen molar-refractivity contribution < 1.29 is 14.7 Å². The zero-order chi connectivity index (χ0) is 17.0. The molecule has 2 N–H and O–H groups in total. The number of phenols is 1. The molecule has 2 rings (SSSR count). The number of amides is 2. The molecular formula is C18H26N2O3. The second-order valence-electron chi connectivity index (χ2n) is 6.68. The fraction of sp³-hybridized carbons (Fsp3) is 0.556. The van der Waals surface area contributed by atoms with Crippen LogP contribution in [0.5, 0.6) is 5.75 Å². The number of phenolic OH excluding ortho intramolecular Hbond substituents is 1. The number of anilines is 1. The molecule has 5 heteroatoms. The Morgan fingerprint density at radius 1 is 1.39 bits per heavy atom. The number of nitrogens with zero attached hydrogens (tertiary/aromatic N) is 1. The van der Waals surface area contributed by atoms with Gasteiger partial charge in [-0.15, -0.1) is 0 Å². The molecule has 0 saturated carbocycles. The first-order valence-corrected chi connectivity index (χ1v) is 8.30. The van der Waals surface area contributed by atoms with Gasteiger partial charge in [0.25, 0.3) is 5.91 Å². The molecule has 1 atom stereocenters. The van der Waals surface area contributed by atoms with Crippen LogP contribution < -0.4 is 5.32 Å². The topological polar surface area (TPSA) is 69.6 Å². The average Bonchev–Trinajstić information content (AvgIpc) is 2.94. The summed E-state index contributed by atoms with van der Waals surface area (Å²) in [6, 6.07) is 4.84. The lowest BCUT2D eigenvalue weighted by Gasteiger charge is -2.26. The van der Waals surface area contributed by atoms with Crippen LogP contribution in [0.1, 0.15) is 56.8 Å². The van der Waals surface area contributed by atoms with Crippen LogP contribution in [0.25, 0.3) is 0 Å². The Hall–Kier alpha value is -2.04. The number of likely N-dealkylation sites (tertiary alicyclic amines) is 1. The molecule has 126 valence electrons. The molecule has 0 aliphatic carbocycles. The predicted molar refractivity (Wildman–Crippen MR) is 90.5 cm³/mol. The van der Waals surface area contributed by atoms with Crippen molar-refractivity contribution in [3.63, 3.8) is 0 Å². The molecule has 1 aromatic rings. The highest BCUT2D eigenvalue weighted by molar-refractivity contribution is 5.99. The highest BCUT2D eigenvalue weighted by atomic mass is 16.3. The van der Waals surface area contributed by atoms with Gasteiger partial charge in [0.15, 0.2) is 0 Å². The van der Waals surface area contributed by atoms with Gasteiger partial charge in [-0.2, -0.15) is 0 Å². The number of carbonyl (C=O) groups excluding carboxylic acids is 2. The van der Waals surface area contributed by atoms with E-state index in [1.165, 1.54) is 13.0 Å². The maximum atomic E-state index is 12.8. The fourth-order valence-corrected chi connectivity index (χ4v) is 3.07. The Morgan fingerprint density at radius 3 is 2.78 bits per heavy atom. The molecule has 1 aromatic carbocycles. The summed E-state index contributed by atoms with van der Waals surface area (Å²) >= 11 is 0. The van der Waals surface area contributed by atoms with Crippen molar-refractivity contribution in [1.82, 2.24) is 4.90 Å². The van der Waals surface area contributed by atoms with Crippen LogP contribution in [0.4, 0.5) is 5.69 Å². The Bertz CT molecular complexity index is 584. The molecule has 1 unspecified atom stereocenters. The number of aromatic hydroxyl groups is 1. The molecule has 1 aliphatic heterocycles. The molecule has 0 spiro atoms. The number of nitrogens with one attached hydrogen (secondary N) is 1. The van der Waals surface area contributed by atoms with Crippen molar-refractivity contribution in [2.45, 2.75) is 52.5 Å². The van der Waals surface area contributed by atoms with Crippen LogP contribution >= 0.6 is 0 Å². The minimum atomic E-state index is -0.204. The second kappa shape index (κ2) is 7.49. The van der Waals surface area contributed by atoms with Crippen molar-refractivity contribution in [1.29, 1.82) is 0 Å². The van der Waals surface area contributed by atoms with Crippen LogP contribution in [0.2, 0.25) is 0 Å². The molecule has 5 nitrogen and oxygen atoms in total. The summed E-state index contributed by atoms with van der Waals surface area (Å²) in [7, 11) is 0. The lowest BCUT2D eigenvalue weighted by molar-refractivity contribution is -0.114. The van der Waals surface area contributed by atoms with Gasteiger partial charge in [-0.25, -0.2) is 0 Å². The van der Waals surface area contributed by atoms with E-state index in [0.29, 0.717) is 11.6 Å². The van der Waals surface area contributed by atoms with Gasteiger partial charge in [0.05, 0.1) is 5.56 Å². The largest absolute Gasteiger partial charge is 0.507 e. The summed E-state index contributed by atoms with van der Waals surface area (Å²) < 4.78 is 0. The second-order valence-corrected chi connectivity index (χ2v) is 6.68. The number of hydrogen-bond acceptors (Lipinski definition) is 3. The monoisotopic (exact) mass is 318 g/mol. The first-order valence-electron chi connectivity index (χ1n) is 8.30. The fourth-order valence-electron chi connectivity index (χ4n) is 3.07. The predicted octanol–water partition coefficient (Wildman–Crippen LogP) is 3.39. The Balaban J connectivity index is 2.16. The van der Waals surface area contributed by atoms with Gasteiger partial charge in [-0.1, -0.05) is 13.8 Å². The summed E-state index contributed by atoms with van der Waals surface area (Å²) in [6.45, 7) is 6.51. The van der Waals surface area contributed by atoms with Crippen molar-refractivity contribution in [3.05, 3.63) is 23.8 Å². The molecule has 1 heterocycles. The molecule has 1 aliphatic rings. The van der Waals surface area contributed by atoms with Gasteiger partial charge < -0.3 is 15.3 Å². The Kier molecular flexibility index (Phi) is 5.64. The number of rotatable bonds is 5. The normalized spacial score (nSPS) is 17.6. The lowest BCUT2D eigenvalue weighted by atomic mass is 10.0. The van der Waals surface area contributed by atoms with E-state index in [2.05, 4.69) is 19.2 Å². The van der Waals surface area contributed by atoms with Gasteiger partial charge in [-0.3, -0.25) is 9.59 Å². The molecular weight excluding hydrogens is 292 g/mol. The zero-order valence-electron chi connectivity index (χ0n) is 14.1. The summed E-state index contributed by atoms with van der Waals surface area (Å²) in [5, 5.41) is 12.7. The molecule has 0 radical (unpaired) electrons. The Morgan fingerprint density at radius 2 is 2.13 bits per heavy atom.